The summed E-state index contributed by atoms with van der Waals surface area (Å²) in [5, 5.41) is 24.0. The number of nitro groups is 1. The van der Waals surface area contributed by atoms with Gasteiger partial charge in [0.1, 0.15) is 0 Å². The van der Waals surface area contributed by atoms with Crippen LogP contribution in [0, 0.1) is 15.3 Å². The van der Waals surface area contributed by atoms with Crippen LogP contribution in [-0.2, 0) is 0 Å². The first-order chi connectivity index (χ1) is 7.66. The number of aromatic nitrogens is 1. The van der Waals surface area contributed by atoms with Crippen LogP contribution in [0.25, 0.3) is 0 Å². The first-order valence-electron chi connectivity index (χ1n) is 4.25. The Kier molecular flexibility index (Phi) is 2.69. The van der Waals surface area contributed by atoms with Crippen LogP contribution in [0.15, 0.2) is 36.0 Å². The molecule has 0 aliphatic rings. The van der Waals surface area contributed by atoms with Gasteiger partial charge in [-0.25, -0.2) is 0 Å². The molecule has 0 unspecified atom stereocenters. The predicted octanol–water partition coefficient (Wildman–Crippen LogP) is 2.08. The SMILES string of the molecule is O=[N+]([O-])c1cc[n+]([O-])cc1Oc1cccs1. The van der Waals surface area contributed by atoms with Gasteiger partial charge in [-0.05, 0) is 17.5 Å². The lowest BCUT2D eigenvalue weighted by atomic mass is 10.4. The Morgan fingerprint density at radius 2 is 2.25 bits per heavy atom. The summed E-state index contributed by atoms with van der Waals surface area (Å²) >= 11 is 1.29. The number of hydrogen-bond donors (Lipinski definition) is 0. The minimum atomic E-state index is -0.594. The van der Waals surface area contributed by atoms with Crippen molar-refractivity contribution in [1.29, 1.82) is 0 Å². The van der Waals surface area contributed by atoms with Crippen LogP contribution < -0.4 is 9.47 Å². The van der Waals surface area contributed by atoms with E-state index in [1.54, 1.807) is 17.5 Å². The highest BCUT2D eigenvalue weighted by molar-refractivity contribution is 7.11. The standard InChI is InChI=1S/C9H6N2O4S/c12-10-4-3-7(11(13)14)8(6-10)15-9-2-1-5-16-9/h1-6H. The van der Waals surface area contributed by atoms with Gasteiger partial charge >= 0.3 is 5.69 Å². The van der Waals surface area contributed by atoms with Gasteiger partial charge in [-0.2, -0.15) is 4.73 Å². The maximum atomic E-state index is 11.0. The Balaban J connectivity index is 2.38. The average Bonchev–Trinajstić information content (AvgIpc) is 2.70. The fourth-order valence-corrected chi connectivity index (χ4v) is 1.70. The summed E-state index contributed by atoms with van der Waals surface area (Å²) in [6, 6.07) is 4.52. The van der Waals surface area contributed by atoms with Gasteiger partial charge in [0.2, 0.25) is 6.20 Å². The van der Waals surface area contributed by atoms with E-state index in [4.69, 9.17) is 4.74 Å². The lowest BCUT2D eigenvalue weighted by Gasteiger charge is -2.02. The van der Waals surface area contributed by atoms with Gasteiger partial charge < -0.3 is 9.94 Å². The summed E-state index contributed by atoms with van der Waals surface area (Å²) in [6.07, 6.45) is 2.08. The molecule has 2 rings (SSSR count). The van der Waals surface area contributed by atoms with Gasteiger partial charge in [0.15, 0.2) is 11.3 Å². The molecule has 82 valence electrons. The Morgan fingerprint density at radius 3 is 2.88 bits per heavy atom. The van der Waals surface area contributed by atoms with Crippen molar-refractivity contribution >= 4 is 17.0 Å². The van der Waals surface area contributed by atoms with E-state index in [0.717, 1.165) is 18.5 Å². The van der Waals surface area contributed by atoms with E-state index < -0.39 is 4.92 Å². The molecule has 2 aromatic heterocycles. The van der Waals surface area contributed by atoms with Crippen molar-refractivity contribution in [3.8, 4) is 10.8 Å². The molecule has 0 aliphatic carbocycles. The van der Waals surface area contributed by atoms with Crippen molar-refractivity contribution in [1.82, 2.24) is 0 Å². The molecule has 0 aromatic carbocycles. The summed E-state index contributed by atoms with van der Waals surface area (Å²) in [7, 11) is 0. The largest absolute Gasteiger partial charge is 0.619 e. The third-order valence-corrected chi connectivity index (χ3v) is 2.52. The molecule has 0 N–H and O–H groups in total. The van der Waals surface area contributed by atoms with Crippen LogP contribution in [0.1, 0.15) is 0 Å². The zero-order valence-corrected chi connectivity index (χ0v) is 8.72. The normalized spacial score (nSPS) is 10.0. The Hall–Kier alpha value is -2.15. The third kappa shape index (κ3) is 2.09. The number of thiophene rings is 1. The van der Waals surface area contributed by atoms with Gasteiger partial charge in [-0.1, -0.05) is 0 Å². The van der Waals surface area contributed by atoms with Gasteiger partial charge in [0, 0.05) is 0 Å². The number of pyridine rings is 1. The van der Waals surface area contributed by atoms with E-state index in [0.29, 0.717) is 9.79 Å². The number of hydrogen-bond acceptors (Lipinski definition) is 5. The molecule has 7 heteroatoms. The minimum Gasteiger partial charge on any atom is -0.619 e. The monoisotopic (exact) mass is 238 g/mol. The third-order valence-electron chi connectivity index (χ3n) is 1.78. The molecule has 16 heavy (non-hydrogen) atoms. The second kappa shape index (κ2) is 4.15. The summed E-state index contributed by atoms with van der Waals surface area (Å²) < 4.78 is 5.70. The molecule has 0 bridgehead atoms. The Bertz CT molecular complexity index is 512. The highest BCUT2D eigenvalue weighted by atomic mass is 32.1. The maximum absolute atomic E-state index is 11.0. The number of rotatable bonds is 3. The highest BCUT2D eigenvalue weighted by Gasteiger charge is 2.19. The van der Waals surface area contributed by atoms with E-state index in [-0.39, 0.29) is 11.4 Å². The molecule has 0 radical (unpaired) electrons. The molecule has 0 atom stereocenters. The van der Waals surface area contributed by atoms with Gasteiger partial charge in [0.05, 0.1) is 11.0 Å². The number of nitrogens with zero attached hydrogens (tertiary/aromatic N) is 2. The summed E-state index contributed by atoms with van der Waals surface area (Å²) in [5.74, 6) is -0.0649. The number of ether oxygens (including phenoxy) is 1. The first kappa shape index (κ1) is 10.4. The lowest BCUT2D eigenvalue weighted by molar-refractivity contribution is -0.606. The molecular formula is C9H6N2O4S. The molecule has 0 saturated carbocycles. The van der Waals surface area contributed by atoms with Crippen molar-refractivity contribution in [3.05, 3.63) is 51.3 Å². The zero-order chi connectivity index (χ0) is 11.5. The summed E-state index contributed by atoms with van der Waals surface area (Å²) in [6.45, 7) is 0. The second-order valence-corrected chi connectivity index (χ2v) is 3.76. The molecule has 0 amide bonds. The van der Waals surface area contributed by atoms with Crippen molar-refractivity contribution < 1.29 is 14.4 Å². The lowest BCUT2D eigenvalue weighted by Crippen LogP contribution is -2.24. The minimum absolute atomic E-state index is 0.0649. The van der Waals surface area contributed by atoms with E-state index in [9.17, 15) is 15.3 Å². The van der Waals surface area contributed by atoms with Crippen LogP contribution in [0.5, 0.6) is 10.8 Å². The van der Waals surface area contributed by atoms with Gasteiger partial charge in [-0.15, -0.1) is 11.3 Å². The van der Waals surface area contributed by atoms with Crippen molar-refractivity contribution in [2.24, 2.45) is 0 Å². The fraction of sp³-hybridized carbons (Fsp3) is 0. The van der Waals surface area contributed by atoms with Crippen LogP contribution in [0.2, 0.25) is 0 Å². The van der Waals surface area contributed by atoms with Crippen molar-refractivity contribution in [3.63, 3.8) is 0 Å². The molecule has 2 aromatic rings. The van der Waals surface area contributed by atoms with Gasteiger partial charge in [0.25, 0.3) is 5.75 Å². The highest BCUT2D eigenvalue weighted by Crippen LogP contribution is 2.31. The second-order valence-electron chi connectivity index (χ2n) is 2.85. The predicted molar refractivity (Wildman–Crippen MR) is 56.4 cm³/mol. The Morgan fingerprint density at radius 1 is 1.44 bits per heavy atom. The first-order valence-corrected chi connectivity index (χ1v) is 5.13. The van der Waals surface area contributed by atoms with E-state index in [1.165, 1.54) is 11.3 Å². The zero-order valence-electron chi connectivity index (χ0n) is 7.90. The molecule has 0 spiro atoms. The molecule has 0 fully saturated rings. The smallest absolute Gasteiger partial charge is 0.323 e. The molecule has 6 nitrogen and oxygen atoms in total. The van der Waals surface area contributed by atoms with E-state index in [1.807, 2.05) is 0 Å². The summed E-state index contributed by atoms with van der Waals surface area (Å²) in [5.41, 5.74) is -0.236. The van der Waals surface area contributed by atoms with Crippen molar-refractivity contribution in [2.75, 3.05) is 0 Å². The molecule has 0 saturated heterocycles. The maximum Gasteiger partial charge on any atom is 0.323 e. The van der Waals surface area contributed by atoms with Gasteiger partial charge in [-0.3, -0.25) is 10.1 Å². The average molecular weight is 238 g/mol. The van der Waals surface area contributed by atoms with Crippen LogP contribution >= 0.6 is 11.3 Å². The quantitative estimate of drug-likeness (QED) is 0.355. The summed E-state index contributed by atoms with van der Waals surface area (Å²) in [4.78, 5) is 10.1. The van der Waals surface area contributed by atoms with E-state index in [2.05, 4.69) is 0 Å². The fourth-order valence-electron chi connectivity index (χ4n) is 1.11. The molecular weight excluding hydrogens is 232 g/mol. The van der Waals surface area contributed by atoms with Crippen molar-refractivity contribution in [2.45, 2.75) is 0 Å². The van der Waals surface area contributed by atoms with Crippen LogP contribution in [0.4, 0.5) is 5.69 Å². The van der Waals surface area contributed by atoms with E-state index >= 15 is 0 Å². The molecule has 2 heterocycles. The van der Waals surface area contributed by atoms with Crippen LogP contribution in [-0.4, -0.2) is 4.92 Å². The topological polar surface area (TPSA) is 79.3 Å². The van der Waals surface area contributed by atoms with Crippen LogP contribution in [0.3, 0.4) is 0 Å². The molecule has 0 aliphatic heterocycles. The Labute approximate surface area is 94.1 Å².